The number of ether oxygens (including phenoxy) is 1. The summed E-state index contributed by atoms with van der Waals surface area (Å²) in [4.78, 5) is 39.3. The van der Waals surface area contributed by atoms with Crippen LogP contribution in [0.15, 0.2) is 108 Å². The van der Waals surface area contributed by atoms with Gasteiger partial charge in [0.05, 0.1) is 18.6 Å². The summed E-state index contributed by atoms with van der Waals surface area (Å²) in [6, 6.07) is 25.5. The number of anilines is 2. The van der Waals surface area contributed by atoms with Crippen LogP contribution in [0.25, 0.3) is 6.08 Å². The van der Waals surface area contributed by atoms with Gasteiger partial charge in [0.2, 0.25) is 5.91 Å². The molecule has 0 unspecified atom stereocenters. The van der Waals surface area contributed by atoms with Crippen molar-refractivity contribution in [3.05, 3.63) is 120 Å². The van der Waals surface area contributed by atoms with Gasteiger partial charge in [-0.05, 0) is 60.7 Å². The highest BCUT2D eigenvalue weighted by Gasteiger charge is 2.17. The Kier molecular flexibility index (Phi) is 9.74. The molecule has 0 fully saturated rings. The third-order valence-electron chi connectivity index (χ3n) is 5.66. The first-order chi connectivity index (χ1) is 19.8. The van der Waals surface area contributed by atoms with E-state index in [0.717, 1.165) is 0 Å². The first-order valence-electron chi connectivity index (χ1n) is 12.4. The Hall–Kier alpha value is -5.09. The first kappa shape index (κ1) is 28.9. The highest BCUT2D eigenvalue weighted by Crippen LogP contribution is 2.27. The number of phenols is 1. The molecule has 0 aliphatic carbocycles. The van der Waals surface area contributed by atoms with Crippen LogP contribution in [-0.4, -0.2) is 35.7 Å². The lowest BCUT2D eigenvalue weighted by atomic mass is 10.1. The first-order valence-corrected chi connectivity index (χ1v) is 13.3. The van der Waals surface area contributed by atoms with Crippen molar-refractivity contribution in [2.24, 2.45) is 0 Å². The summed E-state index contributed by atoms with van der Waals surface area (Å²) < 4.78 is 19.1. The van der Waals surface area contributed by atoms with Crippen molar-refractivity contribution in [3.8, 4) is 11.5 Å². The number of hydrogen-bond acceptors (Lipinski definition) is 6. The lowest BCUT2D eigenvalue weighted by Gasteiger charge is -2.13. The molecule has 0 radical (unpaired) electrons. The van der Waals surface area contributed by atoms with Crippen molar-refractivity contribution >= 4 is 46.9 Å². The number of hydrogen-bond donors (Lipinski definition) is 4. The zero-order valence-electron chi connectivity index (χ0n) is 21.9. The number of nitrogens with one attached hydrogen (secondary N) is 3. The number of aromatic hydroxyl groups is 1. The van der Waals surface area contributed by atoms with Gasteiger partial charge in [0, 0.05) is 27.8 Å². The van der Waals surface area contributed by atoms with Crippen LogP contribution < -0.4 is 20.7 Å². The van der Waals surface area contributed by atoms with Crippen molar-refractivity contribution in [2.75, 3.05) is 23.5 Å². The van der Waals surface area contributed by atoms with Gasteiger partial charge in [-0.1, -0.05) is 36.4 Å². The number of carbonyl (C=O) groups excluding carboxylic acids is 3. The molecule has 0 aliphatic heterocycles. The Bertz CT molecular complexity index is 1590. The number of methoxy groups -OCH3 is 1. The predicted octanol–water partition coefficient (Wildman–Crippen LogP) is 5.68. The standard InChI is InChI=1S/C31H26FN3O5S/c1-40-28-18-23(36)15-14-21(28)16-27(35-30(38)20-8-3-2-4-9-20)31(39)33-22-10-7-11-24(17-22)41-19-29(37)34-26-13-6-5-12-25(26)32/h2-18,36H,19H2,1H3,(H,33,39)(H,34,37)(H,35,38)/b27-16+. The summed E-state index contributed by atoms with van der Waals surface area (Å²) in [5, 5.41) is 17.8. The molecule has 4 aromatic carbocycles. The molecule has 0 atom stereocenters. The largest absolute Gasteiger partial charge is 0.508 e. The van der Waals surface area contributed by atoms with Crippen LogP contribution in [0.1, 0.15) is 15.9 Å². The van der Waals surface area contributed by atoms with Crippen LogP contribution in [0.2, 0.25) is 0 Å². The summed E-state index contributed by atoms with van der Waals surface area (Å²) in [5.41, 5.74) is 1.27. The highest BCUT2D eigenvalue weighted by atomic mass is 32.2. The summed E-state index contributed by atoms with van der Waals surface area (Å²) in [6.45, 7) is 0. The number of amides is 3. The molecule has 208 valence electrons. The maximum Gasteiger partial charge on any atom is 0.272 e. The number of benzene rings is 4. The maximum absolute atomic E-state index is 13.8. The number of carbonyl (C=O) groups is 3. The molecular formula is C31H26FN3O5S. The highest BCUT2D eigenvalue weighted by molar-refractivity contribution is 8.00. The lowest BCUT2D eigenvalue weighted by Crippen LogP contribution is -2.30. The second-order valence-electron chi connectivity index (χ2n) is 8.60. The van der Waals surface area contributed by atoms with Crippen LogP contribution in [0.3, 0.4) is 0 Å². The van der Waals surface area contributed by atoms with Gasteiger partial charge in [0.15, 0.2) is 0 Å². The molecule has 0 aromatic heterocycles. The molecule has 0 spiro atoms. The van der Waals surface area contributed by atoms with E-state index in [4.69, 9.17) is 4.74 Å². The molecule has 0 aliphatic rings. The quantitative estimate of drug-likeness (QED) is 0.144. The van der Waals surface area contributed by atoms with E-state index < -0.39 is 17.6 Å². The van der Waals surface area contributed by atoms with Crippen molar-refractivity contribution < 1.29 is 28.6 Å². The van der Waals surface area contributed by atoms with Crippen LogP contribution in [-0.2, 0) is 9.59 Å². The van der Waals surface area contributed by atoms with Gasteiger partial charge in [-0.15, -0.1) is 11.8 Å². The minimum Gasteiger partial charge on any atom is -0.508 e. The lowest BCUT2D eigenvalue weighted by molar-refractivity contribution is -0.114. The SMILES string of the molecule is COc1cc(O)ccc1/C=C(/NC(=O)c1ccccc1)C(=O)Nc1cccc(SCC(=O)Nc2ccccc2F)c1. The molecule has 0 heterocycles. The molecule has 0 saturated heterocycles. The van der Waals surface area contributed by atoms with E-state index in [1.54, 1.807) is 66.7 Å². The van der Waals surface area contributed by atoms with Crippen molar-refractivity contribution in [3.63, 3.8) is 0 Å². The second kappa shape index (κ2) is 13.8. The minimum atomic E-state index is -0.608. The molecule has 4 N–H and O–H groups in total. The van der Waals surface area contributed by atoms with E-state index in [1.165, 1.54) is 55.3 Å². The second-order valence-corrected chi connectivity index (χ2v) is 9.65. The van der Waals surface area contributed by atoms with Gasteiger partial charge in [0.1, 0.15) is 23.0 Å². The number of phenolic OH excluding ortho intramolecular Hbond substituents is 1. The molecule has 4 rings (SSSR count). The summed E-state index contributed by atoms with van der Waals surface area (Å²) in [7, 11) is 1.42. The Morgan fingerprint density at radius 1 is 0.902 bits per heavy atom. The molecule has 8 nitrogen and oxygen atoms in total. The number of thioether (sulfide) groups is 1. The van der Waals surface area contributed by atoms with E-state index in [1.807, 2.05) is 0 Å². The average Bonchev–Trinajstić information content (AvgIpc) is 2.98. The van der Waals surface area contributed by atoms with E-state index in [9.17, 15) is 23.9 Å². The topological polar surface area (TPSA) is 117 Å². The van der Waals surface area contributed by atoms with E-state index in [0.29, 0.717) is 27.5 Å². The molecule has 3 amide bonds. The Labute approximate surface area is 240 Å². The number of halogens is 1. The fourth-order valence-electron chi connectivity index (χ4n) is 3.68. The van der Waals surface area contributed by atoms with Crippen LogP contribution in [0, 0.1) is 5.82 Å². The van der Waals surface area contributed by atoms with Gasteiger partial charge in [0.25, 0.3) is 11.8 Å². The van der Waals surface area contributed by atoms with Gasteiger partial charge >= 0.3 is 0 Å². The Morgan fingerprint density at radius 2 is 1.66 bits per heavy atom. The monoisotopic (exact) mass is 571 g/mol. The van der Waals surface area contributed by atoms with Crippen molar-refractivity contribution in [1.82, 2.24) is 5.32 Å². The predicted molar refractivity (Wildman–Crippen MR) is 157 cm³/mol. The van der Waals surface area contributed by atoms with E-state index >= 15 is 0 Å². The fraction of sp³-hybridized carbons (Fsp3) is 0.0645. The van der Waals surface area contributed by atoms with Gasteiger partial charge in [-0.3, -0.25) is 14.4 Å². The summed E-state index contributed by atoms with van der Waals surface area (Å²) in [6.07, 6.45) is 1.44. The Morgan fingerprint density at radius 3 is 2.41 bits per heavy atom. The minimum absolute atomic E-state index is 0.0183. The van der Waals surface area contributed by atoms with Gasteiger partial charge in [-0.2, -0.15) is 0 Å². The molecule has 41 heavy (non-hydrogen) atoms. The summed E-state index contributed by atoms with van der Waals surface area (Å²) in [5.74, 6) is -1.70. The Balaban J connectivity index is 1.50. The molecule has 10 heteroatoms. The van der Waals surface area contributed by atoms with Crippen LogP contribution in [0.4, 0.5) is 15.8 Å². The van der Waals surface area contributed by atoms with Crippen LogP contribution >= 0.6 is 11.8 Å². The van der Waals surface area contributed by atoms with Gasteiger partial charge in [-0.25, -0.2) is 4.39 Å². The molecule has 4 aromatic rings. The molecule has 0 bridgehead atoms. The fourth-order valence-corrected chi connectivity index (χ4v) is 4.43. The van der Waals surface area contributed by atoms with Crippen molar-refractivity contribution in [2.45, 2.75) is 4.90 Å². The smallest absolute Gasteiger partial charge is 0.272 e. The summed E-state index contributed by atoms with van der Waals surface area (Å²) >= 11 is 1.21. The zero-order chi connectivity index (χ0) is 29.2. The van der Waals surface area contributed by atoms with Crippen molar-refractivity contribution in [1.29, 1.82) is 0 Å². The van der Waals surface area contributed by atoms with Crippen LogP contribution in [0.5, 0.6) is 11.5 Å². The molecule has 0 saturated carbocycles. The third-order valence-corrected chi connectivity index (χ3v) is 6.65. The number of rotatable bonds is 10. The van der Waals surface area contributed by atoms with Gasteiger partial charge < -0.3 is 25.8 Å². The third kappa shape index (κ3) is 8.20. The number of para-hydroxylation sites is 1. The average molecular weight is 572 g/mol. The van der Waals surface area contributed by atoms with E-state index in [-0.39, 0.29) is 28.8 Å². The van der Waals surface area contributed by atoms with E-state index in [2.05, 4.69) is 16.0 Å². The zero-order valence-corrected chi connectivity index (χ0v) is 22.7. The normalized spacial score (nSPS) is 10.9. The molecular weight excluding hydrogens is 545 g/mol. The maximum atomic E-state index is 13.8.